The predicted octanol–water partition coefficient (Wildman–Crippen LogP) is 2.70. The third-order valence-electron chi connectivity index (χ3n) is 5.09. The molecule has 0 N–H and O–H groups in total. The van der Waals surface area contributed by atoms with Crippen molar-refractivity contribution in [1.82, 2.24) is 9.55 Å². The third kappa shape index (κ3) is 3.45. The number of ether oxygens (including phenoxy) is 1. The normalized spacial score (nSPS) is 13.9. The van der Waals surface area contributed by atoms with E-state index in [-0.39, 0.29) is 17.9 Å². The van der Waals surface area contributed by atoms with Gasteiger partial charge >= 0.3 is 5.97 Å². The van der Waals surface area contributed by atoms with Gasteiger partial charge in [-0.3, -0.25) is 19.0 Å². The average molecular weight is 376 g/mol. The van der Waals surface area contributed by atoms with E-state index in [2.05, 4.69) is 4.98 Å². The third-order valence-corrected chi connectivity index (χ3v) is 5.09. The van der Waals surface area contributed by atoms with E-state index in [1.54, 1.807) is 37.3 Å². The van der Waals surface area contributed by atoms with Crippen molar-refractivity contribution in [2.45, 2.75) is 38.8 Å². The molecular formula is C22H20N2O4. The van der Waals surface area contributed by atoms with Crippen molar-refractivity contribution in [2.24, 2.45) is 0 Å². The number of carbonyl (C=O) groups excluding carboxylic acids is 2. The van der Waals surface area contributed by atoms with E-state index in [1.807, 2.05) is 12.1 Å². The molecule has 3 aromatic rings. The molecule has 142 valence electrons. The SMILES string of the molecule is C[C@H](OC(=O)Cn1cnc2ccccc2c1=O)C(=O)c1ccc2c(c1)CCC2. The van der Waals surface area contributed by atoms with E-state index in [1.165, 1.54) is 22.0 Å². The van der Waals surface area contributed by atoms with Crippen LogP contribution < -0.4 is 5.56 Å². The first-order valence-electron chi connectivity index (χ1n) is 9.32. The van der Waals surface area contributed by atoms with E-state index in [0.29, 0.717) is 16.5 Å². The Balaban J connectivity index is 1.45. The number of hydrogen-bond acceptors (Lipinski definition) is 5. The van der Waals surface area contributed by atoms with Crippen LogP contribution in [-0.4, -0.2) is 27.4 Å². The molecule has 28 heavy (non-hydrogen) atoms. The van der Waals surface area contributed by atoms with Crippen LogP contribution in [0.25, 0.3) is 10.9 Å². The largest absolute Gasteiger partial charge is 0.453 e. The molecule has 0 spiro atoms. The number of hydrogen-bond donors (Lipinski definition) is 0. The second-order valence-corrected chi connectivity index (χ2v) is 7.03. The summed E-state index contributed by atoms with van der Waals surface area (Å²) in [5.41, 5.74) is 3.27. The summed E-state index contributed by atoms with van der Waals surface area (Å²) in [6.45, 7) is 1.26. The Hall–Kier alpha value is -3.28. The molecule has 0 saturated carbocycles. The molecule has 0 unspecified atom stereocenters. The lowest BCUT2D eigenvalue weighted by Gasteiger charge is -2.14. The summed E-state index contributed by atoms with van der Waals surface area (Å²) in [6, 6.07) is 12.6. The number of nitrogens with zero attached hydrogens (tertiary/aromatic N) is 2. The fourth-order valence-electron chi connectivity index (χ4n) is 3.61. The van der Waals surface area contributed by atoms with Crippen molar-refractivity contribution in [1.29, 1.82) is 0 Å². The van der Waals surface area contributed by atoms with Crippen LogP contribution in [0.5, 0.6) is 0 Å². The number of aromatic nitrogens is 2. The summed E-state index contributed by atoms with van der Waals surface area (Å²) < 4.78 is 6.47. The summed E-state index contributed by atoms with van der Waals surface area (Å²) in [4.78, 5) is 41.5. The Kier molecular flexibility index (Phi) is 4.77. The predicted molar refractivity (Wildman–Crippen MR) is 104 cm³/mol. The lowest BCUT2D eigenvalue weighted by atomic mass is 10.0. The lowest BCUT2D eigenvalue weighted by Crippen LogP contribution is -2.30. The van der Waals surface area contributed by atoms with Gasteiger partial charge in [0.05, 0.1) is 17.2 Å². The Labute approximate surface area is 161 Å². The van der Waals surface area contributed by atoms with Crippen molar-refractivity contribution in [3.63, 3.8) is 0 Å². The van der Waals surface area contributed by atoms with E-state index in [4.69, 9.17) is 4.74 Å². The molecule has 1 atom stereocenters. The van der Waals surface area contributed by atoms with Gasteiger partial charge in [-0.2, -0.15) is 0 Å². The molecule has 0 aliphatic heterocycles. The standard InChI is InChI=1S/C22H20N2O4/c1-14(21(26)17-10-9-15-5-4-6-16(15)11-17)28-20(25)12-24-13-23-19-8-3-2-7-18(19)22(24)27/h2-3,7-11,13-14H,4-6,12H2,1H3/t14-/m0/s1. The lowest BCUT2D eigenvalue weighted by molar-refractivity contribution is -0.147. The van der Waals surface area contributed by atoms with Gasteiger partial charge in [0.2, 0.25) is 5.78 Å². The number of carbonyl (C=O) groups is 2. The zero-order valence-corrected chi connectivity index (χ0v) is 15.6. The second-order valence-electron chi connectivity index (χ2n) is 7.03. The molecular weight excluding hydrogens is 356 g/mol. The van der Waals surface area contributed by atoms with Crippen LogP contribution in [0.4, 0.5) is 0 Å². The van der Waals surface area contributed by atoms with Gasteiger partial charge in [0.1, 0.15) is 6.54 Å². The maximum Gasteiger partial charge on any atom is 0.326 e. The number of para-hydroxylation sites is 1. The fraction of sp³-hybridized carbons (Fsp3) is 0.273. The summed E-state index contributed by atoms with van der Waals surface area (Å²) in [6.07, 6.45) is 3.52. The maximum absolute atomic E-state index is 12.6. The number of aryl methyl sites for hydroxylation is 2. The highest BCUT2D eigenvalue weighted by atomic mass is 16.5. The molecule has 1 heterocycles. The van der Waals surface area contributed by atoms with Crippen molar-refractivity contribution in [2.75, 3.05) is 0 Å². The quantitative estimate of drug-likeness (QED) is 0.505. The molecule has 0 fully saturated rings. The zero-order chi connectivity index (χ0) is 19.7. The summed E-state index contributed by atoms with van der Waals surface area (Å²) in [7, 11) is 0. The van der Waals surface area contributed by atoms with Gasteiger partial charge < -0.3 is 4.74 Å². The zero-order valence-electron chi connectivity index (χ0n) is 15.6. The number of Topliss-reactive ketones (excluding diaryl/α,β-unsaturated/α-hetero) is 1. The molecule has 1 aliphatic rings. The summed E-state index contributed by atoms with van der Waals surface area (Å²) in [5.74, 6) is -0.895. The van der Waals surface area contributed by atoms with E-state index >= 15 is 0 Å². The van der Waals surface area contributed by atoms with Crippen LogP contribution >= 0.6 is 0 Å². The Morgan fingerprint density at radius 2 is 1.93 bits per heavy atom. The van der Waals surface area contributed by atoms with Gasteiger partial charge in [-0.1, -0.05) is 24.3 Å². The van der Waals surface area contributed by atoms with E-state index in [9.17, 15) is 14.4 Å². The monoisotopic (exact) mass is 376 g/mol. The van der Waals surface area contributed by atoms with Crippen molar-refractivity contribution >= 4 is 22.7 Å². The van der Waals surface area contributed by atoms with Crippen molar-refractivity contribution in [3.05, 3.63) is 75.8 Å². The molecule has 1 aromatic heterocycles. The van der Waals surface area contributed by atoms with Crippen LogP contribution in [-0.2, 0) is 28.9 Å². The van der Waals surface area contributed by atoms with Gasteiger partial charge in [-0.15, -0.1) is 0 Å². The van der Waals surface area contributed by atoms with Gasteiger partial charge in [0.15, 0.2) is 6.10 Å². The van der Waals surface area contributed by atoms with E-state index in [0.717, 1.165) is 19.3 Å². The highest BCUT2D eigenvalue weighted by molar-refractivity contribution is 6.00. The molecule has 6 heteroatoms. The molecule has 0 saturated heterocycles. The minimum absolute atomic E-state index is 0.243. The van der Waals surface area contributed by atoms with Crippen LogP contribution in [0, 0.1) is 0 Å². The van der Waals surface area contributed by atoms with Crippen molar-refractivity contribution < 1.29 is 14.3 Å². The number of fused-ring (bicyclic) bond motifs is 2. The number of ketones is 1. The van der Waals surface area contributed by atoms with Crippen LogP contribution in [0.15, 0.2) is 53.6 Å². The first kappa shape index (κ1) is 18.1. The Morgan fingerprint density at radius 1 is 1.14 bits per heavy atom. The van der Waals surface area contributed by atoms with Crippen LogP contribution in [0.2, 0.25) is 0 Å². The smallest absolute Gasteiger partial charge is 0.326 e. The molecule has 0 bridgehead atoms. The van der Waals surface area contributed by atoms with Crippen LogP contribution in [0.1, 0.15) is 34.8 Å². The molecule has 2 aromatic carbocycles. The topological polar surface area (TPSA) is 78.3 Å². The highest BCUT2D eigenvalue weighted by Gasteiger charge is 2.22. The van der Waals surface area contributed by atoms with Gasteiger partial charge in [-0.05, 0) is 55.5 Å². The van der Waals surface area contributed by atoms with Gasteiger partial charge in [0.25, 0.3) is 5.56 Å². The first-order chi connectivity index (χ1) is 13.5. The average Bonchev–Trinajstić information content (AvgIpc) is 3.17. The van der Waals surface area contributed by atoms with Gasteiger partial charge in [0, 0.05) is 5.56 Å². The number of rotatable bonds is 5. The molecule has 4 rings (SSSR count). The van der Waals surface area contributed by atoms with E-state index < -0.39 is 12.1 Å². The minimum Gasteiger partial charge on any atom is -0.453 e. The van der Waals surface area contributed by atoms with Crippen molar-refractivity contribution in [3.8, 4) is 0 Å². The highest BCUT2D eigenvalue weighted by Crippen LogP contribution is 2.23. The van der Waals surface area contributed by atoms with Gasteiger partial charge in [-0.25, -0.2) is 4.98 Å². The number of esters is 1. The molecule has 6 nitrogen and oxygen atoms in total. The summed E-state index contributed by atoms with van der Waals surface area (Å²) in [5, 5.41) is 0.431. The Bertz CT molecular complexity index is 1130. The molecule has 0 amide bonds. The van der Waals surface area contributed by atoms with Crippen LogP contribution in [0.3, 0.4) is 0 Å². The second kappa shape index (κ2) is 7.38. The molecule has 1 aliphatic carbocycles. The first-order valence-corrected chi connectivity index (χ1v) is 9.32. The summed E-state index contributed by atoms with van der Waals surface area (Å²) >= 11 is 0. The molecule has 0 radical (unpaired) electrons. The number of benzene rings is 2. The fourth-order valence-corrected chi connectivity index (χ4v) is 3.61. The maximum atomic E-state index is 12.6. The Morgan fingerprint density at radius 3 is 2.79 bits per heavy atom. The minimum atomic E-state index is -0.920.